The largest absolute Gasteiger partial charge is 0.496 e. The minimum absolute atomic E-state index is 0.0153. The number of carbonyl (C=O) groups excluding carboxylic acids is 1. The van der Waals surface area contributed by atoms with Gasteiger partial charge in [-0.15, -0.1) is 0 Å². The predicted molar refractivity (Wildman–Crippen MR) is 183 cm³/mol. The molecular weight excluding hydrogens is 658 g/mol. The lowest BCUT2D eigenvalue weighted by atomic mass is 9.80. The Kier molecular flexibility index (Phi) is 10.4. The van der Waals surface area contributed by atoms with Gasteiger partial charge in [-0.2, -0.15) is 0 Å². The third kappa shape index (κ3) is 7.39. The second kappa shape index (κ2) is 14.9. The monoisotopic (exact) mass is 692 g/mol. The van der Waals surface area contributed by atoms with E-state index in [9.17, 15) is 9.59 Å². The Bertz CT molecular complexity index is 1840. The minimum atomic E-state index is -0.801. The van der Waals surface area contributed by atoms with Crippen LogP contribution in [0.2, 0.25) is 10.0 Å². The molecule has 1 unspecified atom stereocenters. The van der Waals surface area contributed by atoms with Crippen LogP contribution < -0.4 is 26.0 Å². The van der Waals surface area contributed by atoms with Crippen molar-refractivity contribution < 1.29 is 23.8 Å². The van der Waals surface area contributed by atoms with Crippen LogP contribution in [-0.4, -0.2) is 52.7 Å². The third-order valence-corrected chi connectivity index (χ3v) is 9.61. The first-order chi connectivity index (χ1) is 23.2. The molecule has 250 valence electrons. The number of carboxylic acid groups (broad SMARTS) is 1. The standard InChI is InChI=1S/C35H35Cl2FN6O4/c1-48-28-15-19(5-6-20(28)16-39-18-23-7-8-29(45)43-23)33-31(37)26(10-12-40-33)25-3-2-4-27(30(25)36)44-34-32(38)21(9-11-41-34)17-42-24-13-22(14-24)35(46)47/h2-6,9-12,15,22-24,39,42H,7-8,13-14,16-18H2,1H3,(H,41,44)(H,43,45)(H,46,47). The van der Waals surface area contributed by atoms with Crippen LogP contribution in [0.3, 0.4) is 0 Å². The number of halogens is 3. The topological polar surface area (TPSA) is 138 Å². The molecular formula is C35H35Cl2FN6O4. The van der Waals surface area contributed by atoms with Gasteiger partial charge >= 0.3 is 5.97 Å². The fourth-order valence-corrected chi connectivity index (χ4v) is 6.61. The maximum absolute atomic E-state index is 15.5. The summed E-state index contributed by atoms with van der Waals surface area (Å²) in [5, 5.41) is 22.4. The van der Waals surface area contributed by atoms with E-state index in [1.54, 1.807) is 37.6 Å². The molecule has 2 aliphatic rings. The quantitative estimate of drug-likeness (QED) is 0.109. The molecule has 1 aliphatic heterocycles. The third-order valence-electron chi connectivity index (χ3n) is 8.82. The van der Waals surface area contributed by atoms with Gasteiger partial charge in [0.1, 0.15) is 5.75 Å². The number of carboxylic acids is 1. The Labute approximate surface area is 287 Å². The summed E-state index contributed by atoms with van der Waals surface area (Å²) in [6.45, 7) is 1.48. The van der Waals surface area contributed by atoms with E-state index < -0.39 is 11.8 Å². The molecule has 0 bridgehead atoms. The van der Waals surface area contributed by atoms with E-state index in [1.807, 2.05) is 24.3 Å². The number of rotatable bonds is 13. The molecule has 2 aromatic carbocycles. The molecule has 1 amide bonds. The van der Waals surface area contributed by atoms with Crippen LogP contribution in [0.25, 0.3) is 22.4 Å². The van der Waals surface area contributed by atoms with Gasteiger partial charge in [0.25, 0.3) is 0 Å². The summed E-state index contributed by atoms with van der Waals surface area (Å²) < 4.78 is 21.2. The summed E-state index contributed by atoms with van der Waals surface area (Å²) in [5.74, 6) is -0.901. The molecule has 1 saturated heterocycles. The van der Waals surface area contributed by atoms with Gasteiger partial charge < -0.3 is 31.1 Å². The molecule has 2 fully saturated rings. The number of nitrogens with one attached hydrogen (secondary N) is 4. The number of methoxy groups -OCH3 is 1. The zero-order chi connectivity index (χ0) is 33.8. The normalized spacial score (nSPS) is 18.7. The summed E-state index contributed by atoms with van der Waals surface area (Å²) in [6, 6.07) is 14.6. The van der Waals surface area contributed by atoms with E-state index in [2.05, 4.69) is 31.2 Å². The lowest BCUT2D eigenvalue weighted by molar-refractivity contribution is -0.145. The van der Waals surface area contributed by atoms with Crippen molar-refractivity contribution in [3.05, 3.63) is 87.9 Å². The molecule has 5 N–H and O–H groups in total. The minimum Gasteiger partial charge on any atom is -0.496 e. The molecule has 2 aromatic heterocycles. The average Bonchev–Trinajstić information content (AvgIpc) is 3.47. The lowest BCUT2D eigenvalue weighted by Gasteiger charge is -2.33. The zero-order valence-electron chi connectivity index (χ0n) is 26.2. The van der Waals surface area contributed by atoms with Gasteiger partial charge in [-0.1, -0.05) is 47.5 Å². The van der Waals surface area contributed by atoms with Crippen LogP contribution in [0.1, 0.15) is 36.8 Å². The van der Waals surface area contributed by atoms with E-state index in [0.717, 1.165) is 17.5 Å². The van der Waals surface area contributed by atoms with E-state index in [-0.39, 0.29) is 36.3 Å². The predicted octanol–water partition coefficient (Wildman–Crippen LogP) is 6.33. The highest BCUT2D eigenvalue weighted by molar-refractivity contribution is 6.39. The first kappa shape index (κ1) is 33.6. The highest BCUT2D eigenvalue weighted by Crippen LogP contribution is 2.42. The maximum Gasteiger partial charge on any atom is 0.306 e. The molecule has 1 aliphatic carbocycles. The number of nitrogens with zero attached hydrogens (tertiary/aromatic N) is 2. The Hall–Kier alpha value is -4.29. The van der Waals surface area contributed by atoms with Gasteiger partial charge in [-0.05, 0) is 43.5 Å². The number of ether oxygens (including phenoxy) is 1. The van der Waals surface area contributed by atoms with Crippen molar-refractivity contribution in [1.82, 2.24) is 25.9 Å². The van der Waals surface area contributed by atoms with Crippen LogP contribution >= 0.6 is 23.2 Å². The Balaban J connectivity index is 1.17. The van der Waals surface area contributed by atoms with Crippen molar-refractivity contribution in [1.29, 1.82) is 0 Å². The molecule has 3 heterocycles. The Morgan fingerprint density at radius 3 is 2.58 bits per heavy atom. The summed E-state index contributed by atoms with van der Waals surface area (Å²) in [7, 11) is 1.61. The van der Waals surface area contributed by atoms with Gasteiger partial charge in [0.05, 0.1) is 34.5 Å². The second-order valence-electron chi connectivity index (χ2n) is 12.0. The Morgan fingerprint density at radius 2 is 1.83 bits per heavy atom. The molecule has 0 spiro atoms. The van der Waals surface area contributed by atoms with Crippen molar-refractivity contribution in [2.45, 2.75) is 50.9 Å². The van der Waals surface area contributed by atoms with Gasteiger partial charge in [0, 0.05) is 78.3 Å². The molecule has 4 aromatic rings. The second-order valence-corrected chi connectivity index (χ2v) is 12.7. The van der Waals surface area contributed by atoms with Crippen molar-refractivity contribution in [3.63, 3.8) is 0 Å². The van der Waals surface area contributed by atoms with Crippen LogP contribution in [0.15, 0.2) is 60.9 Å². The van der Waals surface area contributed by atoms with E-state index in [4.69, 9.17) is 33.0 Å². The van der Waals surface area contributed by atoms with Gasteiger partial charge in [-0.25, -0.2) is 9.37 Å². The lowest BCUT2D eigenvalue weighted by Crippen LogP contribution is -2.43. The molecule has 6 rings (SSSR count). The van der Waals surface area contributed by atoms with E-state index in [0.29, 0.717) is 76.2 Å². The molecule has 48 heavy (non-hydrogen) atoms. The molecule has 10 nitrogen and oxygen atoms in total. The summed E-state index contributed by atoms with van der Waals surface area (Å²) >= 11 is 13.9. The highest BCUT2D eigenvalue weighted by atomic mass is 35.5. The molecule has 0 radical (unpaired) electrons. The maximum atomic E-state index is 15.5. The number of hydrogen-bond acceptors (Lipinski definition) is 8. The number of aromatic nitrogens is 2. The molecule has 13 heteroatoms. The molecule has 1 saturated carbocycles. The number of carbonyl (C=O) groups is 2. The van der Waals surface area contributed by atoms with Crippen LogP contribution in [-0.2, 0) is 22.7 Å². The smallest absolute Gasteiger partial charge is 0.306 e. The van der Waals surface area contributed by atoms with Crippen LogP contribution in [0.4, 0.5) is 15.9 Å². The number of benzene rings is 2. The molecule has 1 atom stereocenters. The summed E-state index contributed by atoms with van der Waals surface area (Å²) in [4.78, 5) is 31.3. The SMILES string of the molecule is COc1cc(-c2nccc(-c3cccc(Nc4nccc(CNC5CC(C(=O)O)C5)c4F)c3Cl)c2Cl)ccc1CNCC1CCC(=O)N1. The zero-order valence-corrected chi connectivity index (χ0v) is 27.7. The highest BCUT2D eigenvalue weighted by Gasteiger charge is 2.34. The summed E-state index contributed by atoms with van der Waals surface area (Å²) in [5.41, 5.74) is 4.37. The summed E-state index contributed by atoms with van der Waals surface area (Å²) in [6.07, 6.45) is 5.60. The number of anilines is 2. The van der Waals surface area contributed by atoms with Gasteiger partial charge in [0.2, 0.25) is 5.91 Å². The average molecular weight is 694 g/mol. The first-order valence-corrected chi connectivity index (χ1v) is 16.4. The van der Waals surface area contributed by atoms with Crippen molar-refractivity contribution in [3.8, 4) is 28.1 Å². The number of amides is 1. The van der Waals surface area contributed by atoms with Crippen molar-refractivity contribution >= 4 is 46.6 Å². The van der Waals surface area contributed by atoms with Gasteiger partial charge in [-0.3, -0.25) is 14.6 Å². The van der Waals surface area contributed by atoms with E-state index >= 15 is 4.39 Å². The van der Waals surface area contributed by atoms with Crippen LogP contribution in [0, 0.1) is 11.7 Å². The fourth-order valence-electron chi connectivity index (χ4n) is 6.01. The number of hydrogen-bond donors (Lipinski definition) is 5. The number of aliphatic carboxylic acids is 1. The van der Waals surface area contributed by atoms with Gasteiger partial charge in [0.15, 0.2) is 11.6 Å². The van der Waals surface area contributed by atoms with Crippen molar-refractivity contribution in [2.75, 3.05) is 19.0 Å². The number of pyridine rings is 2. The van der Waals surface area contributed by atoms with Crippen LogP contribution in [0.5, 0.6) is 5.75 Å². The fraction of sp³-hybridized carbons (Fsp3) is 0.314. The van der Waals surface area contributed by atoms with Crippen molar-refractivity contribution in [2.24, 2.45) is 5.92 Å². The van der Waals surface area contributed by atoms with E-state index in [1.165, 1.54) is 6.20 Å². The Morgan fingerprint density at radius 1 is 1.04 bits per heavy atom. The first-order valence-electron chi connectivity index (χ1n) is 15.7.